The molecule has 4 N–H and O–H groups in total. The summed E-state index contributed by atoms with van der Waals surface area (Å²) in [6, 6.07) is 0.0195. The lowest BCUT2D eigenvalue weighted by Crippen LogP contribution is -2.53. The molecule has 1 aromatic rings. The molecule has 172 valence electrons. The van der Waals surface area contributed by atoms with Crippen LogP contribution in [0.1, 0.15) is 23.2 Å². The number of hydrogen-bond acceptors (Lipinski definition) is 9. The Labute approximate surface area is 178 Å². The molecule has 0 radical (unpaired) electrons. The fourth-order valence-corrected chi connectivity index (χ4v) is 2.58. The van der Waals surface area contributed by atoms with E-state index in [4.69, 9.17) is 19.3 Å². The number of ether oxygens (including phenoxy) is 4. The Morgan fingerprint density at radius 1 is 0.935 bits per heavy atom. The van der Waals surface area contributed by atoms with Crippen LogP contribution in [0.15, 0.2) is 12.1 Å². The van der Waals surface area contributed by atoms with Gasteiger partial charge in [-0.3, -0.25) is 14.4 Å². The number of carbonyl (C=O) groups is 4. The van der Waals surface area contributed by atoms with Gasteiger partial charge in [-0.1, -0.05) is 0 Å². The van der Waals surface area contributed by atoms with E-state index >= 15 is 0 Å². The number of rotatable bonds is 12. The monoisotopic (exact) mass is 442 g/mol. The van der Waals surface area contributed by atoms with Crippen molar-refractivity contribution < 1.29 is 48.3 Å². The fourth-order valence-electron chi connectivity index (χ4n) is 2.58. The zero-order valence-corrected chi connectivity index (χ0v) is 17.6. The van der Waals surface area contributed by atoms with Crippen LogP contribution in [0.25, 0.3) is 0 Å². The maximum atomic E-state index is 12.8. The molecule has 0 saturated carbocycles. The van der Waals surface area contributed by atoms with Crippen LogP contribution in [-0.2, 0) is 19.1 Å². The molecule has 0 aromatic heterocycles. The number of carboxylic acid groups (broad SMARTS) is 1. The van der Waals surface area contributed by atoms with E-state index in [9.17, 15) is 24.3 Å². The zero-order valence-electron chi connectivity index (χ0n) is 17.6. The van der Waals surface area contributed by atoms with Crippen molar-refractivity contribution >= 4 is 23.8 Å². The lowest BCUT2D eigenvalue weighted by atomic mass is 10.1. The Kier molecular flexibility index (Phi) is 10.1. The molecule has 0 aliphatic carbocycles. The molecule has 0 heterocycles. The Morgan fingerprint density at radius 3 is 1.94 bits per heavy atom. The molecule has 12 heteroatoms. The largest absolute Gasteiger partial charge is 0.493 e. The first-order valence-electron chi connectivity index (χ1n) is 9.04. The third kappa shape index (κ3) is 7.03. The van der Waals surface area contributed by atoms with Crippen molar-refractivity contribution in [2.45, 2.75) is 24.9 Å². The van der Waals surface area contributed by atoms with Crippen molar-refractivity contribution in [3.05, 3.63) is 17.7 Å². The van der Waals surface area contributed by atoms with E-state index in [0.29, 0.717) is 0 Å². The predicted octanol–water partition coefficient (Wildman–Crippen LogP) is -0.674. The molecule has 31 heavy (non-hydrogen) atoms. The van der Waals surface area contributed by atoms with Crippen LogP contribution >= 0.6 is 0 Å². The average Bonchev–Trinajstić information content (AvgIpc) is 2.77. The molecular formula is C19H26N2O10. The Bertz CT molecular complexity index is 786. The molecule has 0 unspecified atom stereocenters. The molecule has 1 rings (SSSR count). The average molecular weight is 442 g/mol. The molecule has 12 nitrogen and oxygen atoms in total. The van der Waals surface area contributed by atoms with Crippen molar-refractivity contribution in [1.82, 2.24) is 10.6 Å². The minimum absolute atomic E-state index is 0.0503. The van der Waals surface area contributed by atoms with Gasteiger partial charge in [0.25, 0.3) is 5.91 Å². The van der Waals surface area contributed by atoms with Crippen molar-refractivity contribution in [3.63, 3.8) is 0 Å². The van der Waals surface area contributed by atoms with Gasteiger partial charge >= 0.3 is 11.9 Å². The SMILES string of the molecule is COC(=O)[C@@H](CO)NC(=O)[C@H](CCC(=O)O)NC(=O)c1cc(OC)c(OC)c(OC)c1. The van der Waals surface area contributed by atoms with Crippen molar-refractivity contribution in [1.29, 1.82) is 0 Å². The smallest absolute Gasteiger partial charge is 0.330 e. The molecule has 0 spiro atoms. The summed E-state index contributed by atoms with van der Waals surface area (Å²) in [4.78, 5) is 47.8. The minimum Gasteiger partial charge on any atom is -0.493 e. The first kappa shape index (κ1) is 25.5. The topological polar surface area (TPSA) is 170 Å². The van der Waals surface area contributed by atoms with Crippen molar-refractivity contribution in [3.8, 4) is 17.2 Å². The lowest BCUT2D eigenvalue weighted by Gasteiger charge is -2.21. The van der Waals surface area contributed by atoms with E-state index in [1.807, 2.05) is 0 Å². The maximum Gasteiger partial charge on any atom is 0.330 e. The van der Waals surface area contributed by atoms with Gasteiger partial charge in [-0.15, -0.1) is 0 Å². The van der Waals surface area contributed by atoms with Gasteiger partial charge in [-0.25, -0.2) is 4.79 Å². The summed E-state index contributed by atoms with van der Waals surface area (Å²) in [6.07, 6.45) is -0.702. The summed E-state index contributed by atoms with van der Waals surface area (Å²) >= 11 is 0. The number of esters is 1. The van der Waals surface area contributed by atoms with Crippen LogP contribution in [0.5, 0.6) is 17.2 Å². The minimum atomic E-state index is -1.37. The number of benzene rings is 1. The van der Waals surface area contributed by atoms with Gasteiger partial charge in [0.15, 0.2) is 17.5 Å². The Morgan fingerprint density at radius 2 is 1.52 bits per heavy atom. The normalized spacial score (nSPS) is 12.2. The van der Waals surface area contributed by atoms with Gasteiger partial charge in [0, 0.05) is 12.0 Å². The molecule has 2 amide bonds. The number of methoxy groups -OCH3 is 4. The standard InChI is InChI=1S/C19H26N2O10/c1-28-13-7-10(8-14(29-2)16(13)30-3)17(25)20-11(5-6-15(23)24)18(26)21-12(9-22)19(27)31-4/h7-8,11-12,22H,5-6,9H2,1-4H3,(H,20,25)(H,21,26)(H,23,24)/t11-,12+/m0/s1. The summed E-state index contributed by atoms with van der Waals surface area (Å²) in [6.45, 7) is -0.745. The van der Waals surface area contributed by atoms with Gasteiger partial charge in [0.1, 0.15) is 6.04 Å². The molecule has 1 aromatic carbocycles. The number of amides is 2. The van der Waals surface area contributed by atoms with E-state index < -0.39 is 48.9 Å². The second-order valence-electron chi connectivity index (χ2n) is 6.14. The van der Waals surface area contributed by atoms with E-state index in [2.05, 4.69) is 15.4 Å². The van der Waals surface area contributed by atoms with Gasteiger partial charge in [-0.05, 0) is 18.6 Å². The molecular weight excluding hydrogens is 416 g/mol. The number of aliphatic hydroxyl groups excluding tert-OH is 1. The second-order valence-corrected chi connectivity index (χ2v) is 6.14. The van der Waals surface area contributed by atoms with Crippen molar-refractivity contribution in [2.24, 2.45) is 0 Å². The molecule has 2 atom stereocenters. The molecule has 0 fully saturated rings. The summed E-state index contributed by atoms with van der Waals surface area (Å²) in [5, 5.41) is 22.8. The first-order chi connectivity index (χ1) is 14.7. The highest BCUT2D eigenvalue weighted by atomic mass is 16.5. The van der Waals surface area contributed by atoms with E-state index in [1.165, 1.54) is 33.5 Å². The third-order valence-corrected chi connectivity index (χ3v) is 4.18. The lowest BCUT2D eigenvalue weighted by molar-refractivity contribution is -0.146. The number of carboxylic acids is 1. The van der Waals surface area contributed by atoms with E-state index in [-0.39, 0.29) is 29.2 Å². The van der Waals surface area contributed by atoms with Crippen LogP contribution in [0.2, 0.25) is 0 Å². The molecule has 0 bridgehead atoms. The Balaban J connectivity index is 3.13. The highest BCUT2D eigenvalue weighted by Gasteiger charge is 2.28. The maximum absolute atomic E-state index is 12.8. The quantitative estimate of drug-likeness (QED) is 0.304. The zero-order chi connectivity index (χ0) is 23.6. The number of aliphatic hydroxyl groups is 1. The third-order valence-electron chi connectivity index (χ3n) is 4.18. The fraction of sp³-hybridized carbons (Fsp3) is 0.474. The summed E-state index contributed by atoms with van der Waals surface area (Å²) in [7, 11) is 5.20. The van der Waals surface area contributed by atoms with Crippen LogP contribution in [0, 0.1) is 0 Å². The summed E-state index contributed by atoms with van der Waals surface area (Å²) in [5.74, 6) is -3.04. The Hall–Kier alpha value is -3.54. The highest BCUT2D eigenvalue weighted by molar-refractivity contribution is 5.99. The number of aliphatic carboxylic acids is 1. The van der Waals surface area contributed by atoms with Gasteiger partial charge in [-0.2, -0.15) is 0 Å². The molecule has 0 saturated heterocycles. The molecule has 0 aliphatic heterocycles. The first-order valence-corrected chi connectivity index (χ1v) is 9.04. The van der Waals surface area contributed by atoms with Crippen LogP contribution in [0.4, 0.5) is 0 Å². The van der Waals surface area contributed by atoms with Gasteiger partial charge in [0.2, 0.25) is 11.7 Å². The number of nitrogens with one attached hydrogen (secondary N) is 2. The molecule has 0 aliphatic rings. The second kappa shape index (κ2) is 12.2. The van der Waals surface area contributed by atoms with Crippen LogP contribution < -0.4 is 24.8 Å². The number of carbonyl (C=O) groups excluding carboxylic acids is 3. The highest BCUT2D eigenvalue weighted by Crippen LogP contribution is 2.38. The van der Waals surface area contributed by atoms with Crippen molar-refractivity contribution in [2.75, 3.05) is 35.0 Å². The summed E-state index contributed by atoms with van der Waals surface area (Å²) < 4.78 is 20.0. The van der Waals surface area contributed by atoms with Crippen LogP contribution in [0.3, 0.4) is 0 Å². The van der Waals surface area contributed by atoms with Gasteiger partial charge in [0.05, 0.1) is 35.0 Å². The van der Waals surface area contributed by atoms with E-state index in [1.54, 1.807) is 0 Å². The summed E-state index contributed by atoms with van der Waals surface area (Å²) in [5.41, 5.74) is 0.0503. The predicted molar refractivity (Wildman–Crippen MR) is 105 cm³/mol. The van der Waals surface area contributed by atoms with Crippen LogP contribution in [-0.4, -0.2) is 81.1 Å². The van der Waals surface area contributed by atoms with Gasteiger partial charge < -0.3 is 39.8 Å². The van der Waals surface area contributed by atoms with E-state index in [0.717, 1.165) is 7.11 Å². The number of hydrogen-bond donors (Lipinski definition) is 4.